The van der Waals surface area contributed by atoms with Crippen molar-refractivity contribution in [1.29, 1.82) is 0 Å². The van der Waals surface area contributed by atoms with Gasteiger partial charge in [0, 0.05) is 11.4 Å². The van der Waals surface area contributed by atoms with Gasteiger partial charge in [0.25, 0.3) is 0 Å². The van der Waals surface area contributed by atoms with E-state index in [4.69, 9.17) is 0 Å². The third-order valence-corrected chi connectivity index (χ3v) is 2.34. The van der Waals surface area contributed by atoms with Gasteiger partial charge in [-0.2, -0.15) is 0 Å². The van der Waals surface area contributed by atoms with Crippen LogP contribution >= 0.6 is 15.9 Å². The Hall–Kier alpha value is -1.36. The summed E-state index contributed by atoms with van der Waals surface area (Å²) in [4.78, 5) is 21.9. The van der Waals surface area contributed by atoms with Crippen LogP contribution in [0.2, 0.25) is 0 Å². The van der Waals surface area contributed by atoms with Crippen LogP contribution in [-0.4, -0.2) is 18.4 Å². The van der Waals surface area contributed by atoms with E-state index >= 15 is 0 Å². The standard InChI is InChI=1S/C10H11BrN2O2/c1-7(14)12-6-10(15)13-9-5-3-2-4-8(9)11/h2-5H,6H2,1H3,(H,12,14)(H,13,15). The van der Waals surface area contributed by atoms with Gasteiger partial charge in [0.15, 0.2) is 0 Å². The molecule has 0 aliphatic rings. The fraction of sp³-hybridized carbons (Fsp3) is 0.200. The van der Waals surface area contributed by atoms with Gasteiger partial charge in [-0.25, -0.2) is 0 Å². The number of carbonyl (C=O) groups excluding carboxylic acids is 2. The Bertz CT molecular complexity index is 379. The van der Waals surface area contributed by atoms with Gasteiger partial charge < -0.3 is 10.6 Å². The first-order chi connectivity index (χ1) is 7.09. The van der Waals surface area contributed by atoms with E-state index in [0.717, 1.165) is 4.47 Å². The molecule has 0 spiro atoms. The zero-order valence-electron chi connectivity index (χ0n) is 8.21. The fourth-order valence-electron chi connectivity index (χ4n) is 0.962. The lowest BCUT2D eigenvalue weighted by atomic mass is 10.3. The van der Waals surface area contributed by atoms with Crippen molar-refractivity contribution in [3.8, 4) is 0 Å². The lowest BCUT2D eigenvalue weighted by Crippen LogP contribution is -2.31. The first kappa shape index (κ1) is 11.7. The number of para-hydroxylation sites is 1. The summed E-state index contributed by atoms with van der Waals surface area (Å²) in [5, 5.41) is 5.08. The molecule has 1 rings (SSSR count). The Morgan fingerprint density at radius 3 is 2.60 bits per heavy atom. The van der Waals surface area contributed by atoms with Gasteiger partial charge in [-0.05, 0) is 28.1 Å². The third-order valence-electron chi connectivity index (χ3n) is 1.65. The normalized spacial score (nSPS) is 9.47. The quantitative estimate of drug-likeness (QED) is 0.875. The summed E-state index contributed by atoms with van der Waals surface area (Å²) in [5.74, 6) is -0.477. The Morgan fingerprint density at radius 1 is 1.33 bits per heavy atom. The molecule has 0 saturated carbocycles. The maximum absolute atomic E-state index is 11.3. The molecule has 0 unspecified atom stereocenters. The van der Waals surface area contributed by atoms with Gasteiger partial charge in [-0.3, -0.25) is 9.59 Å². The van der Waals surface area contributed by atoms with Crippen molar-refractivity contribution in [1.82, 2.24) is 5.32 Å². The van der Waals surface area contributed by atoms with Gasteiger partial charge in [0.05, 0.1) is 12.2 Å². The van der Waals surface area contributed by atoms with E-state index < -0.39 is 0 Å². The maximum atomic E-state index is 11.3. The van der Waals surface area contributed by atoms with Crippen molar-refractivity contribution in [2.75, 3.05) is 11.9 Å². The maximum Gasteiger partial charge on any atom is 0.243 e. The summed E-state index contributed by atoms with van der Waals surface area (Å²) >= 11 is 3.30. The zero-order valence-corrected chi connectivity index (χ0v) is 9.80. The molecule has 2 N–H and O–H groups in total. The van der Waals surface area contributed by atoms with Crippen LogP contribution in [0.5, 0.6) is 0 Å². The zero-order chi connectivity index (χ0) is 11.3. The van der Waals surface area contributed by atoms with E-state index in [1.54, 1.807) is 6.07 Å². The van der Waals surface area contributed by atoms with E-state index in [0.29, 0.717) is 5.69 Å². The highest BCUT2D eigenvalue weighted by Gasteiger charge is 2.04. The molecule has 4 nitrogen and oxygen atoms in total. The lowest BCUT2D eigenvalue weighted by molar-refractivity contribution is -0.122. The molecule has 0 saturated heterocycles. The monoisotopic (exact) mass is 270 g/mol. The number of hydrogen-bond acceptors (Lipinski definition) is 2. The Balaban J connectivity index is 2.52. The summed E-state index contributed by atoms with van der Waals surface area (Å²) in [7, 11) is 0. The lowest BCUT2D eigenvalue weighted by Gasteiger charge is -2.06. The Kier molecular flexibility index (Phi) is 4.30. The van der Waals surface area contributed by atoms with Crippen LogP contribution in [0.3, 0.4) is 0 Å². The second-order valence-corrected chi connectivity index (χ2v) is 3.79. The van der Waals surface area contributed by atoms with Crippen LogP contribution in [0.1, 0.15) is 6.92 Å². The van der Waals surface area contributed by atoms with E-state index in [1.807, 2.05) is 18.2 Å². The van der Waals surface area contributed by atoms with Gasteiger partial charge in [0.1, 0.15) is 0 Å². The molecule has 0 aliphatic carbocycles. The third kappa shape index (κ3) is 4.12. The molecule has 1 aromatic rings. The summed E-state index contributed by atoms with van der Waals surface area (Å²) in [5.41, 5.74) is 0.688. The van der Waals surface area contributed by atoms with Gasteiger partial charge in [-0.15, -0.1) is 0 Å². The number of rotatable bonds is 3. The average molecular weight is 271 g/mol. The molecule has 0 aliphatic heterocycles. The summed E-state index contributed by atoms with van der Waals surface area (Å²) in [6.45, 7) is 1.35. The highest BCUT2D eigenvalue weighted by atomic mass is 79.9. The fourth-order valence-corrected chi connectivity index (χ4v) is 1.35. The van der Waals surface area contributed by atoms with Crippen molar-refractivity contribution < 1.29 is 9.59 Å². The number of hydrogen-bond donors (Lipinski definition) is 2. The smallest absolute Gasteiger partial charge is 0.243 e. The Labute approximate surface area is 96.2 Å². The molecule has 1 aromatic carbocycles. The van der Waals surface area contributed by atoms with Crippen molar-refractivity contribution in [2.24, 2.45) is 0 Å². The number of carbonyl (C=O) groups is 2. The molecule has 2 amide bonds. The van der Waals surface area contributed by atoms with Crippen molar-refractivity contribution in [3.05, 3.63) is 28.7 Å². The van der Waals surface area contributed by atoms with Gasteiger partial charge >= 0.3 is 0 Å². The topological polar surface area (TPSA) is 58.2 Å². The van der Waals surface area contributed by atoms with Crippen LogP contribution in [0, 0.1) is 0 Å². The van der Waals surface area contributed by atoms with E-state index in [2.05, 4.69) is 26.6 Å². The van der Waals surface area contributed by atoms with Crippen LogP contribution in [0.4, 0.5) is 5.69 Å². The molecule has 0 atom stereocenters. The molecule has 15 heavy (non-hydrogen) atoms. The number of nitrogens with one attached hydrogen (secondary N) is 2. The molecule has 0 heterocycles. The van der Waals surface area contributed by atoms with E-state index in [-0.39, 0.29) is 18.4 Å². The molecule has 80 valence electrons. The summed E-state index contributed by atoms with van der Waals surface area (Å²) in [6.07, 6.45) is 0. The minimum Gasteiger partial charge on any atom is -0.347 e. The van der Waals surface area contributed by atoms with E-state index in [9.17, 15) is 9.59 Å². The Morgan fingerprint density at radius 2 is 2.00 bits per heavy atom. The van der Waals surface area contributed by atoms with Crippen molar-refractivity contribution >= 4 is 33.4 Å². The van der Waals surface area contributed by atoms with Crippen molar-refractivity contribution in [3.63, 3.8) is 0 Å². The minimum atomic E-state index is -0.253. The second kappa shape index (κ2) is 5.50. The first-order valence-electron chi connectivity index (χ1n) is 4.38. The molecule has 0 aromatic heterocycles. The molecule has 0 fully saturated rings. The van der Waals surface area contributed by atoms with Gasteiger partial charge in [-0.1, -0.05) is 12.1 Å². The predicted octanol–water partition coefficient (Wildman–Crippen LogP) is 1.52. The molecule has 5 heteroatoms. The largest absolute Gasteiger partial charge is 0.347 e. The highest BCUT2D eigenvalue weighted by Crippen LogP contribution is 2.20. The average Bonchev–Trinajstić information content (AvgIpc) is 2.18. The number of anilines is 1. The van der Waals surface area contributed by atoms with Crippen LogP contribution in [-0.2, 0) is 9.59 Å². The number of halogens is 1. The van der Waals surface area contributed by atoms with Gasteiger partial charge in [0.2, 0.25) is 11.8 Å². The van der Waals surface area contributed by atoms with Crippen molar-refractivity contribution in [2.45, 2.75) is 6.92 Å². The van der Waals surface area contributed by atoms with Crippen LogP contribution < -0.4 is 10.6 Å². The highest BCUT2D eigenvalue weighted by molar-refractivity contribution is 9.10. The van der Waals surface area contributed by atoms with Crippen LogP contribution in [0.15, 0.2) is 28.7 Å². The predicted molar refractivity (Wildman–Crippen MR) is 61.5 cm³/mol. The molecular formula is C10H11BrN2O2. The SMILES string of the molecule is CC(=O)NCC(=O)Nc1ccccc1Br. The summed E-state index contributed by atoms with van der Waals surface area (Å²) in [6, 6.07) is 7.27. The van der Waals surface area contributed by atoms with E-state index in [1.165, 1.54) is 6.92 Å². The molecular weight excluding hydrogens is 260 g/mol. The first-order valence-corrected chi connectivity index (χ1v) is 5.17. The number of benzene rings is 1. The van der Waals surface area contributed by atoms with Crippen LogP contribution in [0.25, 0.3) is 0 Å². The number of amides is 2. The second-order valence-electron chi connectivity index (χ2n) is 2.94. The molecule has 0 bridgehead atoms. The summed E-state index contributed by atoms with van der Waals surface area (Å²) < 4.78 is 0.807. The minimum absolute atomic E-state index is 0.0172. The molecule has 0 radical (unpaired) electrons.